The molecule has 2 aliphatic heterocycles. The van der Waals surface area contributed by atoms with E-state index in [4.69, 9.17) is 0 Å². The highest BCUT2D eigenvalue weighted by Crippen LogP contribution is 2.46. The van der Waals surface area contributed by atoms with Crippen molar-refractivity contribution in [3.05, 3.63) is 35.4 Å². The molecule has 0 amide bonds. The van der Waals surface area contributed by atoms with Crippen LogP contribution in [0.2, 0.25) is 0 Å². The van der Waals surface area contributed by atoms with Crippen LogP contribution in [0.1, 0.15) is 32.6 Å². The zero-order valence-corrected chi connectivity index (χ0v) is 14.2. The van der Waals surface area contributed by atoms with Gasteiger partial charge in [-0.1, -0.05) is 50.1 Å². The second-order valence-electron chi connectivity index (χ2n) is 5.33. The highest BCUT2D eigenvalue weighted by Gasteiger charge is 2.25. The summed E-state index contributed by atoms with van der Waals surface area (Å²) in [6, 6.07) is 8.74. The average molecular weight is 319 g/mol. The van der Waals surface area contributed by atoms with Gasteiger partial charge in [0.15, 0.2) is 0 Å². The van der Waals surface area contributed by atoms with E-state index in [9.17, 15) is 0 Å². The van der Waals surface area contributed by atoms with E-state index in [1.165, 1.54) is 46.3 Å². The highest BCUT2D eigenvalue weighted by molar-refractivity contribution is 8.14. The molecule has 0 radical (unpaired) electrons. The van der Waals surface area contributed by atoms with Gasteiger partial charge in [0.05, 0.1) is 15.8 Å². The molecule has 0 atom stereocenters. The fourth-order valence-electron chi connectivity index (χ4n) is 2.63. The summed E-state index contributed by atoms with van der Waals surface area (Å²) < 4.78 is 0. The lowest BCUT2D eigenvalue weighted by Crippen LogP contribution is -2.19. The van der Waals surface area contributed by atoms with E-state index < -0.39 is 0 Å². The average Bonchev–Trinajstić information content (AvgIpc) is 3.12. The molecule has 0 spiro atoms. The first-order chi connectivity index (χ1) is 10.4. The molecule has 0 bridgehead atoms. The number of thioether (sulfide) groups is 2. The van der Waals surface area contributed by atoms with Crippen molar-refractivity contribution in [3.63, 3.8) is 0 Å². The number of unbranched alkanes of at least 4 members (excludes halogenated alkanes) is 3. The summed E-state index contributed by atoms with van der Waals surface area (Å²) in [6.45, 7) is 4.35. The van der Waals surface area contributed by atoms with E-state index in [-0.39, 0.29) is 0 Å². The Balaban J connectivity index is 1.76. The van der Waals surface area contributed by atoms with Gasteiger partial charge in [-0.2, -0.15) is 0 Å². The van der Waals surface area contributed by atoms with Crippen LogP contribution in [-0.2, 0) is 0 Å². The number of rotatable bonds is 6. The van der Waals surface area contributed by atoms with Crippen molar-refractivity contribution in [1.82, 2.24) is 0 Å². The Hall–Kier alpha value is -0.870. The molecule has 0 N–H and O–H groups in total. The van der Waals surface area contributed by atoms with Gasteiger partial charge in [0.1, 0.15) is 0 Å². The van der Waals surface area contributed by atoms with Crippen LogP contribution in [0.4, 0.5) is 5.69 Å². The molecule has 0 fully saturated rings. The first-order valence-electron chi connectivity index (χ1n) is 7.82. The Bertz CT molecular complexity index is 551. The molecule has 2 nitrogen and oxygen atoms in total. The van der Waals surface area contributed by atoms with E-state index in [1.54, 1.807) is 0 Å². The van der Waals surface area contributed by atoms with E-state index in [0.29, 0.717) is 0 Å². The molecule has 21 heavy (non-hydrogen) atoms. The second kappa shape index (κ2) is 7.41. The van der Waals surface area contributed by atoms with Crippen LogP contribution in [0.3, 0.4) is 0 Å². The molecule has 0 unspecified atom stereocenters. The van der Waals surface area contributed by atoms with Crippen molar-refractivity contribution < 1.29 is 0 Å². The molecule has 0 saturated carbocycles. The van der Waals surface area contributed by atoms with Crippen LogP contribution in [0, 0.1) is 0 Å². The molecule has 0 saturated heterocycles. The Morgan fingerprint density at radius 2 is 2.14 bits per heavy atom. The number of anilines is 1. The van der Waals surface area contributed by atoms with Crippen molar-refractivity contribution in [2.75, 3.05) is 23.7 Å². The van der Waals surface area contributed by atoms with Gasteiger partial charge in [-0.05, 0) is 18.6 Å². The number of hydrogen-bond acceptors (Lipinski definition) is 4. The number of fused-ring (bicyclic) bond motifs is 1. The molecule has 3 rings (SSSR count). The molecule has 0 aromatic heterocycles. The molecule has 1 aromatic rings. The van der Waals surface area contributed by atoms with Crippen molar-refractivity contribution in [3.8, 4) is 0 Å². The van der Waals surface area contributed by atoms with E-state index in [2.05, 4.69) is 47.2 Å². The van der Waals surface area contributed by atoms with Crippen molar-refractivity contribution in [2.45, 2.75) is 37.5 Å². The first-order valence-corrected chi connectivity index (χ1v) is 9.62. The standard InChI is InChI=1S/C17H22N2S2/c1-2-3-4-7-11-19-14-8-5-6-9-15(14)21-17(19)13-16-18-10-12-20-16/h5-6,8-9,13H,2-4,7,10-12H2,1H3. The molecule has 0 aliphatic carbocycles. The minimum Gasteiger partial charge on any atom is -0.335 e. The predicted molar refractivity (Wildman–Crippen MR) is 96.6 cm³/mol. The van der Waals surface area contributed by atoms with Gasteiger partial charge < -0.3 is 4.90 Å². The minimum absolute atomic E-state index is 0.970. The molecule has 112 valence electrons. The Kier molecular flexibility index (Phi) is 5.31. The Labute approximate surface area is 136 Å². The summed E-state index contributed by atoms with van der Waals surface area (Å²) in [6.07, 6.45) is 7.50. The van der Waals surface area contributed by atoms with Gasteiger partial charge in [0.25, 0.3) is 0 Å². The molecular formula is C17H22N2S2. The summed E-state index contributed by atoms with van der Waals surface area (Å²) in [5.74, 6) is 1.13. The van der Waals surface area contributed by atoms with Crippen LogP contribution in [0.15, 0.2) is 45.3 Å². The maximum absolute atomic E-state index is 4.57. The van der Waals surface area contributed by atoms with Crippen LogP contribution in [0.5, 0.6) is 0 Å². The fourth-order valence-corrected chi connectivity index (χ4v) is 4.60. The summed E-state index contributed by atoms with van der Waals surface area (Å²) in [4.78, 5) is 8.43. The van der Waals surface area contributed by atoms with Gasteiger partial charge in [0, 0.05) is 29.8 Å². The maximum atomic E-state index is 4.57. The van der Waals surface area contributed by atoms with Crippen molar-refractivity contribution in [1.29, 1.82) is 0 Å². The number of nitrogens with zero attached hydrogens (tertiary/aromatic N) is 2. The summed E-state index contributed by atoms with van der Waals surface area (Å²) in [5.41, 5.74) is 1.37. The van der Waals surface area contributed by atoms with E-state index in [1.807, 2.05) is 23.5 Å². The number of aliphatic imine (C=N–C) groups is 1. The van der Waals surface area contributed by atoms with Crippen molar-refractivity contribution >= 4 is 34.3 Å². The summed E-state index contributed by atoms with van der Waals surface area (Å²) >= 11 is 3.76. The zero-order valence-electron chi connectivity index (χ0n) is 12.5. The monoisotopic (exact) mass is 318 g/mol. The lowest BCUT2D eigenvalue weighted by Gasteiger charge is -2.20. The largest absolute Gasteiger partial charge is 0.335 e. The fraction of sp³-hybridized carbons (Fsp3) is 0.471. The van der Waals surface area contributed by atoms with Gasteiger partial charge in [-0.15, -0.1) is 11.8 Å². The predicted octanol–water partition coefficient (Wildman–Crippen LogP) is 5.17. The smallest absolute Gasteiger partial charge is 0.0931 e. The SMILES string of the molecule is CCCCCCN1C(=CC2=NCCS2)Sc2ccccc21. The lowest BCUT2D eigenvalue weighted by molar-refractivity contribution is 0.666. The zero-order chi connectivity index (χ0) is 14.5. The summed E-state index contributed by atoms with van der Waals surface area (Å²) in [7, 11) is 0. The number of benzene rings is 1. The van der Waals surface area contributed by atoms with Gasteiger partial charge >= 0.3 is 0 Å². The minimum atomic E-state index is 0.970. The first kappa shape index (κ1) is 15.0. The van der Waals surface area contributed by atoms with Crippen LogP contribution in [-0.4, -0.2) is 23.9 Å². The lowest BCUT2D eigenvalue weighted by atomic mass is 10.2. The van der Waals surface area contributed by atoms with Crippen LogP contribution < -0.4 is 4.90 Å². The van der Waals surface area contributed by atoms with E-state index in [0.717, 1.165) is 18.8 Å². The molecule has 1 aromatic carbocycles. The van der Waals surface area contributed by atoms with Gasteiger partial charge in [0.2, 0.25) is 0 Å². The quantitative estimate of drug-likeness (QED) is 0.673. The normalized spacial score (nSPS) is 19.2. The third-order valence-electron chi connectivity index (χ3n) is 3.73. The van der Waals surface area contributed by atoms with Crippen LogP contribution in [0.25, 0.3) is 0 Å². The number of para-hydroxylation sites is 1. The van der Waals surface area contributed by atoms with Crippen molar-refractivity contribution in [2.24, 2.45) is 4.99 Å². The Morgan fingerprint density at radius 1 is 1.24 bits per heavy atom. The topological polar surface area (TPSA) is 15.6 Å². The van der Waals surface area contributed by atoms with E-state index >= 15 is 0 Å². The maximum Gasteiger partial charge on any atom is 0.0931 e. The molecule has 2 aliphatic rings. The molecular weight excluding hydrogens is 296 g/mol. The highest BCUT2D eigenvalue weighted by atomic mass is 32.2. The second-order valence-corrected chi connectivity index (χ2v) is 7.51. The van der Waals surface area contributed by atoms with Gasteiger partial charge in [-0.25, -0.2) is 0 Å². The number of hydrogen-bond donors (Lipinski definition) is 0. The summed E-state index contributed by atoms with van der Waals surface area (Å²) in [5, 5.41) is 2.55. The molecule has 4 heteroatoms. The Morgan fingerprint density at radius 3 is 2.95 bits per heavy atom. The van der Waals surface area contributed by atoms with Crippen LogP contribution >= 0.6 is 23.5 Å². The third kappa shape index (κ3) is 3.67. The van der Waals surface area contributed by atoms with Gasteiger partial charge in [-0.3, -0.25) is 4.99 Å². The third-order valence-corrected chi connectivity index (χ3v) is 5.77. The molecule has 2 heterocycles.